The topological polar surface area (TPSA) is 334 Å². The van der Waals surface area contributed by atoms with Crippen molar-refractivity contribution in [2.24, 2.45) is 0 Å². The lowest BCUT2D eigenvalue weighted by atomic mass is 9.80. The maximum Gasteiger partial charge on any atom is 0.333 e. The molecule has 0 radical (unpaired) electrons. The fraction of sp³-hybridized carbons (Fsp3) is 0.434. The lowest BCUT2D eigenvalue weighted by Gasteiger charge is -2.27. The molecule has 3 aromatic carbocycles. The second-order valence-electron chi connectivity index (χ2n) is 20.3. The van der Waals surface area contributed by atoms with Gasteiger partial charge in [0.25, 0.3) is 52.3 Å². The number of rotatable bonds is 25. The molecule has 4 N–H and O–H groups in total. The number of unbranched alkanes of at least 4 members (excludes halogenated alkanes) is 1. The third-order valence-corrected chi connectivity index (χ3v) is 17.5. The molecular formula is C53H64N3O21S4+. The smallest absolute Gasteiger partial charge is 0.333 e. The van der Waals surface area contributed by atoms with Crippen LogP contribution in [0.5, 0.6) is 5.75 Å². The summed E-state index contributed by atoms with van der Waals surface area (Å²) in [5.41, 5.74) is 0.635. The number of hydroxylamine groups is 3. The van der Waals surface area contributed by atoms with Gasteiger partial charge in [-0.2, -0.15) is 38.2 Å². The number of nitrogens with zero attached hydrogens (tertiary/aromatic N) is 3. The molecule has 3 aliphatic heterocycles. The van der Waals surface area contributed by atoms with Crippen LogP contribution in [0.2, 0.25) is 0 Å². The number of carbonyl (C=O) groups is 3. The molecule has 1 fully saturated rings. The summed E-state index contributed by atoms with van der Waals surface area (Å²) >= 11 is 0. The van der Waals surface area contributed by atoms with Crippen LogP contribution in [0.4, 0.5) is 11.4 Å². The summed E-state index contributed by atoms with van der Waals surface area (Å²) in [6.07, 6.45) is 9.01. The van der Waals surface area contributed by atoms with Gasteiger partial charge < -0.3 is 23.8 Å². The van der Waals surface area contributed by atoms with Crippen molar-refractivity contribution in [1.29, 1.82) is 0 Å². The molecule has 440 valence electrons. The van der Waals surface area contributed by atoms with Crippen LogP contribution in [0, 0.1) is 6.92 Å². The molecule has 3 aromatic rings. The van der Waals surface area contributed by atoms with E-state index in [1.54, 1.807) is 51.3 Å². The molecule has 1 aliphatic carbocycles. The Labute approximate surface area is 470 Å². The Kier molecular flexibility index (Phi) is 19.2. The Morgan fingerprint density at radius 1 is 0.630 bits per heavy atom. The number of fused-ring (bicyclic) bond motifs is 2. The van der Waals surface area contributed by atoms with Crippen molar-refractivity contribution in [1.82, 2.24) is 5.06 Å². The van der Waals surface area contributed by atoms with Crippen molar-refractivity contribution in [2.45, 2.75) is 116 Å². The van der Waals surface area contributed by atoms with Crippen molar-refractivity contribution in [3.8, 4) is 5.75 Å². The van der Waals surface area contributed by atoms with Crippen LogP contribution in [0.3, 0.4) is 0 Å². The number of benzene rings is 3. The van der Waals surface area contributed by atoms with Crippen molar-refractivity contribution in [3.63, 3.8) is 0 Å². The molecular weight excluding hydrogens is 1140 g/mol. The Morgan fingerprint density at radius 2 is 1.19 bits per heavy atom. The summed E-state index contributed by atoms with van der Waals surface area (Å²) in [7, 11) is -17.6. The van der Waals surface area contributed by atoms with E-state index in [9.17, 15) is 66.3 Å². The van der Waals surface area contributed by atoms with E-state index in [0.717, 1.165) is 34.9 Å². The Bertz CT molecular complexity index is 3600. The van der Waals surface area contributed by atoms with Gasteiger partial charge in [-0.1, -0.05) is 26.0 Å². The normalized spacial score (nSPS) is 18.5. The van der Waals surface area contributed by atoms with E-state index in [-0.39, 0.29) is 86.6 Å². The zero-order chi connectivity index (χ0) is 59.5. The molecule has 7 rings (SSSR count). The highest BCUT2D eigenvalue weighted by Crippen LogP contribution is 2.53. The number of imide groups is 1. The second kappa shape index (κ2) is 24.8. The van der Waals surface area contributed by atoms with Crippen molar-refractivity contribution in [3.05, 3.63) is 112 Å². The summed E-state index contributed by atoms with van der Waals surface area (Å²) in [5.74, 6) is -1.36. The highest BCUT2D eigenvalue weighted by Gasteiger charge is 2.49. The van der Waals surface area contributed by atoms with Gasteiger partial charge in [0, 0.05) is 48.5 Å². The first-order valence-corrected chi connectivity index (χ1v) is 31.3. The first-order chi connectivity index (χ1) is 37.8. The standard InChI is InChI=1S/C53H63N3O21S4/c1-34-13-20-39(79(63,64)65)47-49(34)54(6)42(52(47,2)3)23-14-35-10-9-11-36(51(35)76-37-16-18-38(19-17-37)78(60,61)62)15-24-43-53(4,5)48-40(80(66,67)68)21-22-41(81(69,70)71)50(48)55(43)75-33-32-74-31-30-73-29-28-72-27-8-7-12-46(59)77-56-44(57)25-26-45(56)58/h13-24H,7-12,25-33H2,1-6H3,(H3-,60,61,62,63,64,65,66,67,68,69,70,71)/p+1. The summed E-state index contributed by atoms with van der Waals surface area (Å²) in [6.45, 7) is 9.13. The van der Waals surface area contributed by atoms with Crippen LogP contribution in [0.1, 0.15) is 95.8 Å². The Morgan fingerprint density at radius 3 is 1.78 bits per heavy atom. The summed E-state index contributed by atoms with van der Waals surface area (Å²) in [4.78, 5) is 44.3. The molecule has 2 amide bonds. The summed E-state index contributed by atoms with van der Waals surface area (Å²) in [6, 6.07) is 9.65. The van der Waals surface area contributed by atoms with Gasteiger partial charge in [-0.25, -0.2) is 9.86 Å². The van der Waals surface area contributed by atoms with Crippen LogP contribution in [-0.2, 0) is 89.6 Å². The lowest BCUT2D eigenvalue weighted by molar-refractivity contribution is -0.402. The predicted molar refractivity (Wildman–Crippen MR) is 289 cm³/mol. The number of hydrogen-bond donors (Lipinski definition) is 4. The SMILES string of the molecule is Cc1ccc(S(=O)(=O)O)c2c1[N+](C)=C(/C=C/C1=C(Oc3ccc(S(=O)(=O)O)cc3)C(=C/C=C3/N(OCCOCCOCCOCCCCC(=O)ON4C(=O)CCC4=O)c4c(S(=O)(=O)O)ccc(S(=O)(=O)O)c4C3(C)C)/CCC1)C2(C)C. The number of allylic oxidation sites excluding steroid dienone is 7. The molecule has 4 aliphatic rings. The van der Waals surface area contributed by atoms with Crippen molar-refractivity contribution in [2.75, 3.05) is 58.4 Å². The summed E-state index contributed by atoms with van der Waals surface area (Å²) < 4.78 is 167. The van der Waals surface area contributed by atoms with E-state index >= 15 is 0 Å². The van der Waals surface area contributed by atoms with Gasteiger partial charge >= 0.3 is 5.97 Å². The summed E-state index contributed by atoms with van der Waals surface area (Å²) in [5, 5.41) is 1.55. The van der Waals surface area contributed by atoms with Crippen LogP contribution in [0.15, 0.2) is 115 Å². The number of carbonyl (C=O) groups excluding carboxylic acids is 3. The van der Waals surface area contributed by atoms with Crippen molar-refractivity contribution < 1.29 is 99.5 Å². The molecule has 1 saturated heterocycles. The molecule has 0 spiro atoms. The molecule has 3 heterocycles. The Balaban J connectivity index is 1.13. The maximum absolute atomic E-state index is 13.0. The molecule has 24 nitrogen and oxygen atoms in total. The van der Waals surface area contributed by atoms with Gasteiger partial charge in [0.15, 0.2) is 5.71 Å². The molecule has 0 aromatic heterocycles. The Hall–Kier alpha value is -6.02. The first kappa shape index (κ1) is 62.6. The fourth-order valence-electron chi connectivity index (χ4n) is 10.1. The van der Waals surface area contributed by atoms with Gasteiger partial charge in [-0.3, -0.25) is 32.6 Å². The first-order valence-electron chi connectivity index (χ1n) is 25.5. The number of ether oxygens (including phenoxy) is 4. The van der Waals surface area contributed by atoms with Crippen LogP contribution < -0.4 is 9.80 Å². The number of aryl methyl sites for hydroxylation is 1. The van der Waals surface area contributed by atoms with Crippen LogP contribution in [-0.4, -0.2) is 138 Å². The average Bonchev–Trinajstić information content (AvgIpc) is 3.20. The molecule has 0 unspecified atom stereocenters. The molecule has 0 bridgehead atoms. The van der Waals surface area contributed by atoms with Gasteiger partial charge in [-0.15, -0.1) is 5.06 Å². The highest BCUT2D eigenvalue weighted by atomic mass is 32.2. The van der Waals surface area contributed by atoms with E-state index in [4.69, 9.17) is 28.6 Å². The third-order valence-electron chi connectivity index (χ3n) is 13.9. The third kappa shape index (κ3) is 14.3. The fourth-order valence-corrected chi connectivity index (χ4v) is 13.0. The molecule has 0 atom stereocenters. The van der Waals surface area contributed by atoms with E-state index in [1.807, 2.05) is 25.3 Å². The zero-order valence-corrected chi connectivity index (χ0v) is 48.5. The van der Waals surface area contributed by atoms with E-state index < -0.39 is 89.5 Å². The van der Waals surface area contributed by atoms with Crippen molar-refractivity contribution >= 4 is 75.3 Å². The average molecular weight is 1210 g/mol. The number of anilines is 1. The quantitative estimate of drug-likeness (QED) is 0.0307. The van der Waals surface area contributed by atoms with Gasteiger partial charge in [0.05, 0.1) is 66.9 Å². The predicted octanol–water partition coefficient (Wildman–Crippen LogP) is 6.43. The molecule has 28 heteroatoms. The minimum atomic E-state index is -5.09. The second-order valence-corrected chi connectivity index (χ2v) is 25.9. The molecule has 81 heavy (non-hydrogen) atoms. The maximum atomic E-state index is 13.0. The van der Waals surface area contributed by atoms with Crippen LogP contribution in [0.25, 0.3) is 0 Å². The largest absolute Gasteiger partial charge is 0.457 e. The minimum Gasteiger partial charge on any atom is -0.457 e. The van der Waals surface area contributed by atoms with E-state index in [1.165, 1.54) is 18.2 Å². The van der Waals surface area contributed by atoms with E-state index in [2.05, 4.69) is 0 Å². The zero-order valence-electron chi connectivity index (χ0n) is 45.2. The lowest BCUT2D eigenvalue weighted by Crippen LogP contribution is -2.31. The monoisotopic (exact) mass is 1210 g/mol. The van der Waals surface area contributed by atoms with E-state index in [0.29, 0.717) is 71.9 Å². The highest BCUT2D eigenvalue weighted by molar-refractivity contribution is 7.86. The van der Waals surface area contributed by atoms with Gasteiger partial charge in [-0.05, 0) is 119 Å². The minimum absolute atomic E-state index is 0.00255. The number of amides is 2. The van der Waals surface area contributed by atoms with Gasteiger partial charge in [0.1, 0.15) is 33.2 Å². The van der Waals surface area contributed by atoms with Gasteiger partial charge in [0.2, 0.25) is 5.69 Å². The number of hydrogen-bond acceptors (Lipinski definition) is 18. The molecule has 0 saturated carbocycles. The van der Waals surface area contributed by atoms with Crippen LogP contribution >= 0.6 is 0 Å².